The molecule has 7 heteroatoms. The first-order valence-electron chi connectivity index (χ1n) is 8.74. The largest absolute Gasteiger partial charge is 0.491 e. The molecule has 2 aromatic rings. The summed E-state index contributed by atoms with van der Waals surface area (Å²) < 4.78 is 34.2. The highest BCUT2D eigenvalue weighted by Gasteiger charge is 2.07. The van der Waals surface area contributed by atoms with Crippen LogP contribution in [-0.2, 0) is 13.0 Å². The molecule has 5 nitrogen and oxygen atoms in total. The first-order chi connectivity index (χ1) is 12.9. The van der Waals surface area contributed by atoms with E-state index >= 15 is 0 Å². The van der Waals surface area contributed by atoms with Gasteiger partial charge in [-0.25, -0.2) is 4.79 Å². The Morgan fingerprint density at radius 1 is 1.00 bits per heavy atom. The van der Waals surface area contributed by atoms with Gasteiger partial charge in [0.15, 0.2) is 0 Å². The van der Waals surface area contributed by atoms with E-state index in [1.54, 1.807) is 12.1 Å². The fourth-order valence-electron chi connectivity index (χ4n) is 2.41. The van der Waals surface area contributed by atoms with Gasteiger partial charge in [0, 0.05) is 18.7 Å². The number of para-hydroxylation sites is 1. The van der Waals surface area contributed by atoms with Crippen molar-refractivity contribution in [2.24, 2.45) is 0 Å². The number of urea groups is 1. The summed E-state index contributed by atoms with van der Waals surface area (Å²) in [6.45, 7) is 1.84. The molecule has 0 saturated carbocycles. The van der Waals surface area contributed by atoms with Crippen LogP contribution in [0.3, 0.4) is 0 Å². The third-order valence-corrected chi connectivity index (χ3v) is 3.62. The van der Waals surface area contributed by atoms with Gasteiger partial charge in [0.05, 0.1) is 6.10 Å². The number of nitrogens with one attached hydrogen (secondary N) is 2. The highest BCUT2D eigenvalue weighted by Crippen LogP contribution is 2.19. The van der Waals surface area contributed by atoms with E-state index in [-0.39, 0.29) is 17.9 Å². The van der Waals surface area contributed by atoms with Crippen LogP contribution in [-0.4, -0.2) is 25.3 Å². The quantitative estimate of drug-likeness (QED) is 0.690. The van der Waals surface area contributed by atoms with Crippen molar-refractivity contribution in [3.8, 4) is 11.5 Å². The zero-order chi connectivity index (χ0) is 19.6. The summed E-state index contributed by atoms with van der Waals surface area (Å²) in [6, 6.07) is 13.6. The number of carbonyl (C=O) groups excluding carboxylic acids is 1. The summed E-state index contributed by atoms with van der Waals surface area (Å²) in [5.41, 5.74) is 1.81. The number of rotatable bonds is 9. The lowest BCUT2D eigenvalue weighted by atomic mass is 10.1. The molecule has 0 unspecified atom stereocenters. The molecule has 0 aliphatic carbocycles. The molecule has 0 heterocycles. The smallest absolute Gasteiger partial charge is 0.387 e. The molecule has 0 saturated heterocycles. The van der Waals surface area contributed by atoms with Crippen LogP contribution < -0.4 is 20.1 Å². The van der Waals surface area contributed by atoms with E-state index in [1.165, 1.54) is 12.1 Å². The van der Waals surface area contributed by atoms with Crippen LogP contribution in [0.1, 0.15) is 25.0 Å². The Morgan fingerprint density at radius 2 is 1.70 bits per heavy atom. The monoisotopic (exact) mass is 378 g/mol. The molecule has 146 valence electrons. The Bertz CT molecular complexity index is 721. The van der Waals surface area contributed by atoms with Gasteiger partial charge >= 0.3 is 12.6 Å². The minimum atomic E-state index is -2.84. The molecule has 0 atom stereocenters. The Hall–Kier alpha value is -2.83. The highest BCUT2D eigenvalue weighted by molar-refractivity contribution is 5.73. The lowest BCUT2D eigenvalue weighted by molar-refractivity contribution is -0.0498. The van der Waals surface area contributed by atoms with Gasteiger partial charge in [-0.15, -0.1) is 0 Å². The van der Waals surface area contributed by atoms with Crippen LogP contribution in [0.15, 0.2) is 48.5 Å². The van der Waals surface area contributed by atoms with Crippen LogP contribution in [0.5, 0.6) is 11.5 Å². The van der Waals surface area contributed by atoms with E-state index in [0.29, 0.717) is 19.5 Å². The van der Waals surface area contributed by atoms with Crippen LogP contribution in [0, 0.1) is 0 Å². The fraction of sp³-hybridized carbons (Fsp3) is 0.350. The lowest BCUT2D eigenvalue weighted by Gasteiger charge is -2.15. The molecular formula is C20H24F2N2O3. The molecule has 0 aliphatic rings. The van der Waals surface area contributed by atoms with Gasteiger partial charge in [-0.1, -0.05) is 30.3 Å². The summed E-state index contributed by atoms with van der Waals surface area (Å²) in [5.74, 6) is 0.862. The average Bonchev–Trinajstić information content (AvgIpc) is 2.61. The molecule has 2 aromatic carbocycles. The number of amides is 2. The number of halogens is 2. The lowest BCUT2D eigenvalue weighted by Crippen LogP contribution is -2.36. The van der Waals surface area contributed by atoms with Crippen molar-refractivity contribution in [1.29, 1.82) is 0 Å². The SMILES string of the molecule is CC(C)Oc1ccccc1CNC(=O)NCCc1ccc(OC(F)F)cc1. The van der Waals surface area contributed by atoms with E-state index in [4.69, 9.17) is 4.74 Å². The van der Waals surface area contributed by atoms with E-state index < -0.39 is 6.61 Å². The van der Waals surface area contributed by atoms with Gasteiger partial charge in [0.2, 0.25) is 0 Å². The minimum Gasteiger partial charge on any atom is -0.491 e. The van der Waals surface area contributed by atoms with E-state index in [1.807, 2.05) is 38.1 Å². The summed E-state index contributed by atoms with van der Waals surface area (Å²) in [7, 11) is 0. The van der Waals surface area contributed by atoms with Crippen LogP contribution in [0.4, 0.5) is 13.6 Å². The van der Waals surface area contributed by atoms with Crippen LogP contribution in [0.2, 0.25) is 0 Å². The standard InChI is InChI=1S/C20H24F2N2O3/c1-14(2)26-18-6-4-3-5-16(18)13-24-20(25)23-12-11-15-7-9-17(10-8-15)27-19(21)22/h3-10,14,19H,11-13H2,1-2H3,(H2,23,24,25). The minimum absolute atomic E-state index is 0.0532. The topological polar surface area (TPSA) is 59.6 Å². The highest BCUT2D eigenvalue weighted by atomic mass is 19.3. The van der Waals surface area contributed by atoms with Crippen LogP contribution in [0.25, 0.3) is 0 Å². The van der Waals surface area contributed by atoms with E-state index in [2.05, 4.69) is 15.4 Å². The van der Waals surface area contributed by atoms with E-state index in [0.717, 1.165) is 16.9 Å². The molecule has 0 fully saturated rings. The first kappa shape index (κ1) is 20.5. The summed E-state index contributed by atoms with van der Waals surface area (Å²) in [6.07, 6.45) is 0.632. The first-order valence-corrected chi connectivity index (χ1v) is 8.74. The molecule has 0 spiro atoms. The number of hydrogen-bond acceptors (Lipinski definition) is 3. The van der Waals surface area contributed by atoms with Crippen LogP contribution >= 0.6 is 0 Å². The van der Waals surface area contributed by atoms with Gasteiger partial charge in [0.1, 0.15) is 11.5 Å². The van der Waals surface area contributed by atoms with Gasteiger partial charge in [-0.3, -0.25) is 0 Å². The molecule has 0 aliphatic heterocycles. The molecule has 2 rings (SSSR count). The number of alkyl halides is 2. The molecule has 0 radical (unpaired) electrons. The summed E-state index contributed by atoms with van der Waals surface area (Å²) in [5, 5.41) is 5.56. The maximum Gasteiger partial charge on any atom is 0.387 e. The molecule has 2 N–H and O–H groups in total. The molecule has 0 aromatic heterocycles. The third-order valence-electron chi connectivity index (χ3n) is 3.62. The van der Waals surface area contributed by atoms with Gasteiger partial charge in [-0.05, 0) is 44.0 Å². The Labute approximate surface area is 157 Å². The normalized spacial score (nSPS) is 10.7. The molecule has 2 amide bonds. The molecule has 27 heavy (non-hydrogen) atoms. The second-order valence-corrected chi connectivity index (χ2v) is 6.16. The second-order valence-electron chi connectivity index (χ2n) is 6.16. The van der Waals surface area contributed by atoms with Gasteiger partial charge in [-0.2, -0.15) is 8.78 Å². The van der Waals surface area contributed by atoms with Crippen molar-refractivity contribution in [3.63, 3.8) is 0 Å². The Morgan fingerprint density at radius 3 is 2.37 bits per heavy atom. The number of ether oxygens (including phenoxy) is 2. The predicted molar refractivity (Wildman–Crippen MR) is 99.2 cm³/mol. The Balaban J connectivity index is 1.74. The molecule has 0 bridgehead atoms. The van der Waals surface area contributed by atoms with Gasteiger partial charge < -0.3 is 20.1 Å². The predicted octanol–water partition coefficient (Wildman–Crippen LogP) is 4.12. The van der Waals surface area contributed by atoms with E-state index in [9.17, 15) is 13.6 Å². The van der Waals surface area contributed by atoms with Crippen molar-refractivity contribution >= 4 is 6.03 Å². The number of benzene rings is 2. The number of carbonyl (C=O) groups is 1. The third kappa shape index (κ3) is 7.52. The summed E-state index contributed by atoms with van der Waals surface area (Å²) in [4.78, 5) is 11.9. The average molecular weight is 378 g/mol. The zero-order valence-corrected chi connectivity index (χ0v) is 15.4. The maximum absolute atomic E-state index is 12.1. The maximum atomic E-state index is 12.1. The fourth-order valence-corrected chi connectivity index (χ4v) is 2.41. The summed E-state index contributed by atoms with van der Waals surface area (Å²) >= 11 is 0. The van der Waals surface area contributed by atoms with Crippen molar-refractivity contribution in [1.82, 2.24) is 10.6 Å². The molecular weight excluding hydrogens is 354 g/mol. The van der Waals surface area contributed by atoms with Crippen molar-refractivity contribution in [3.05, 3.63) is 59.7 Å². The number of hydrogen-bond donors (Lipinski definition) is 2. The zero-order valence-electron chi connectivity index (χ0n) is 15.4. The van der Waals surface area contributed by atoms with Crippen molar-refractivity contribution in [2.45, 2.75) is 39.5 Å². The van der Waals surface area contributed by atoms with Crippen molar-refractivity contribution < 1.29 is 23.0 Å². The van der Waals surface area contributed by atoms with Crippen molar-refractivity contribution in [2.75, 3.05) is 6.54 Å². The Kier molecular flexibility index (Phi) is 7.85. The second kappa shape index (κ2) is 10.4. The van der Waals surface area contributed by atoms with Gasteiger partial charge in [0.25, 0.3) is 0 Å².